The number of allylic oxidation sites excluding steroid dienone is 1. The summed E-state index contributed by atoms with van der Waals surface area (Å²) in [4.78, 5) is 37.9. The lowest BCUT2D eigenvalue weighted by atomic mass is 9.82. The first-order valence-corrected chi connectivity index (χ1v) is 9.22. The van der Waals surface area contributed by atoms with Crippen molar-refractivity contribution in [3.8, 4) is 0 Å². The van der Waals surface area contributed by atoms with Crippen LogP contribution in [0.25, 0.3) is 0 Å². The van der Waals surface area contributed by atoms with Crippen LogP contribution in [0.5, 0.6) is 0 Å². The van der Waals surface area contributed by atoms with Gasteiger partial charge in [-0.05, 0) is 19.3 Å². The summed E-state index contributed by atoms with van der Waals surface area (Å²) >= 11 is 3.20. The highest BCUT2D eigenvalue weighted by atomic mass is 79.9. The zero-order valence-electron chi connectivity index (χ0n) is 13.6. The maximum Gasteiger partial charge on any atom is 0.471 e. The fraction of sp³-hybridized carbons (Fsp3) is 0.389. The van der Waals surface area contributed by atoms with Crippen molar-refractivity contribution in [3.05, 3.63) is 46.5 Å². The largest absolute Gasteiger partial charge is 0.471 e. The highest BCUT2D eigenvalue weighted by Crippen LogP contribution is 2.34. The third-order valence-corrected chi connectivity index (χ3v) is 5.34. The molecular weight excluding hydrogens is 415 g/mol. The zero-order chi connectivity index (χ0) is 19.1. The lowest BCUT2D eigenvalue weighted by molar-refractivity contribution is -0.186. The second-order valence-electron chi connectivity index (χ2n) is 6.29. The smallest absolute Gasteiger partial charge is 0.332 e. The number of rotatable bonds is 3. The topological polar surface area (TPSA) is 54.5 Å². The van der Waals surface area contributed by atoms with Gasteiger partial charge in [0.25, 0.3) is 0 Å². The molecule has 4 nitrogen and oxygen atoms in total. The van der Waals surface area contributed by atoms with Crippen molar-refractivity contribution in [2.24, 2.45) is 0 Å². The van der Waals surface area contributed by atoms with Gasteiger partial charge in [0.1, 0.15) is 0 Å². The summed E-state index contributed by atoms with van der Waals surface area (Å²) in [5, 5.41) is 0.126. The number of amides is 1. The minimum absolute atomic E-state index is 0.00133. The number of hydrogen-bond donors (Lipinski definition) is 0. The summed E-state index contributed by atoms with van der Waals surface area (Å²) in [6.07, 6.45) is -4.21. The zero-order valence-corrected chi connectivity index (χ0v) is 15.2. The lowest BCUT2D eigenvalue weighted by Gasteiger charge is -2.28. The Labute approximate surface area is 156 Å². The molecule has 1 amide bonds. The first kappa shape index (κ1) is 18.8. The highest BCUT2D eigenvalue weighted by Gasteiger charge is 2.46. The molecule has 2 aliphatic rings. The first-order chi connectivity index (χ1) is 12.3. The molecular formula is C18H15BrF3NO3. The quantitative estimate of drug-likeness (QED) is 0.688. The molecule has 0 saturated carbocycles. The normalized spacial score (nSPS) is 20.6. The van der Waals surface area contributed by atoms with E-state index in [-0.39, 0.29) is 46.6 Å². The van der Waals surface area contributed by atoms with Crippen molar-refractivity contribution < 1.29 is 27.6 Å². The number of hydrogen-bond acceptors (Lipinski definition) is 3. The second kappa shape index (κ2) is 6.98. The van der Waals surface area contributed by atoms with Crippen LogP contribution in [0.1, 0.15) is 40.0 Å². The molecule has 0 aromatic heterocycles. The molecule has 0 spiro atoms. The number of carbonyl (C=O) groups is 3. The Morgan fingerprint density at radius 1 is 1.12 bits per heavy atom. The van der Waals surface area contributed by atoms with E-state index in [0.29, 0.717) is 18.4 Å². The van der Waals surface area contributed by atoms with Crippen LogP contribution in [0.3, 0.4) is 0 Å². The Hall–Kier alpha value is -1.96. The van der Waals surface area contributed by atoms with E-state index in [1.54, 1.807) is 18.2 Å². The Balaban J connectivity index is 1.94. The molecule has 1 heterocycles. The van der Waals surface area contributed by atoms with E-state index in [4.69, 9.17) is 0 Å². The number of nitrogens with zero attached hydrogens (tertiary/aromatic N) is 1. The summed E-state index contributed by atoms with van der Waals surface area (Å²) in [5.41, 5.74) is 0.992. The number of alkyl halides is 4. The van der Waals surface area contributed by atoms with Gasteiger partial charge in [-0.15, -0.1) is 0 Å². The standard InChI is InChI=1S/C18H15BrF3NO3/c19-9-14-13(15(24)11-5-1-2-6-12(11)16(14)25)8-10-4-3-7-23(10)17(26)18(20,21)22/h1-2,5-6,10H,3-4,7-9H2. The monoisotopic (exact) mass is 429 g/mol. The van der Waals surface area contributed by atoms with Gasteiger partial charge >= 0.3 is 12.1 Å². The molecule has 1 fully saturated rings. The maximum atomic E-state index is 12.8. The lowest BCUT2D eigenvalue weighted by Crippen LogP contribution is -2.44. The Bertz CT molecular complexity index is 816. The number of Topliss-reactive ketones (excluding diaryl/α,β-unsaturated/α-hetero) is 2. The van der Waals surface area contributed by atoms with Crippen molar-refractivity contribution in [1.29, 1.82) is 0 Å². The van der Waals surface area contributed by atoms with Crippen molar-refractivity contribution >= 4 is 33.4 Å². The molecule has 1 aromatic rings. The van der Waals surface area contributed by atoms with E-state index in [9.17, 15) is 27.6 Å². The van der Waals surface area contributed by atoms with Gasteiger partial charge in [-0.25, -0.2) is 0 Å². The summed E-state index contributed by atoms with van der Waals surface area (Å²) in [6.45, 7) is -0.00133. The molecule has 1 unspecified atom stereocenters. The summed E-state index contributed by atoms with van der Waals surface area (Å²) in [7, 11) is 0. The molecule has 1 aliphatic heterocycles. The van der Waals surface area contributed by atoms with Crippen LogP contribution in [0, 0.1) is 0 Å². The van der Waals surface area contributed by atoms with E-state index >= 15 is 0 Å². The molecule has 1 atom stereocenters. The number of halogens is 4. The molecule has 3 rings (SSSR count). The van der Waals surface area contributed by atoms with Crippen molar-refractivity contribution in [2.75, 3.05) is 11.9 Å². The van der Waals surface area contributed by atoms with E-state index < -0.39 is 18.1 Å². The summed E-state index contributed by atoms with van der Waals surface area (Å²) in [5.74, 6) is -2.56. The van der Waals surface area contributed by atoms with Crippen LogP contribution in [-0.4, -0.2) is 46.5 Å². The molecule has 1 aliphatic carbocycles. The number of ketones is 2. The second-order valence-corrected chi connectivity index (χ2v) is 6.85. The highest BCUT2D eigenvalue weighted by molar-refractivity contribution is 9.09. The van der Waals surface area contributed by atoms with Gasteiger partial charge in [0.15, 0.2) is 11.6 Å². The third-order valence-electron chi connectivity index (χ3n) is 4.78. The first-order valence-electron chi connectivity index (χ1n) is 8.10. The van der Waals surface area contributed by atoms with Crippen LogP contribution < -0.4 is 0 Å². The maximum absolute atomic E-state index is 12.8. The van der Waals surface area contributed by atoms with Gasteiger partial charge in [-0.2, -0.15) is 13.2 Å². The average molecular weight is 430 g/mol. The molecule has 1 aromatic carbocycles. The summed E-state index contributed by atoms with van der Waals surface area (Å²) in [6, 6.07) is 5.64. The van der Waals surface area contributed by atoms with Crippen LogP contribution in [-0.2, 0) is 4.79 Å². The fourth-order valence-electron chi connectivity index (χ4n) is 3.55. The number of likely N-dealkylation sites (tertiary alicyclic amines) is 1. The van der Waals surface area contributed by atoms with Gasteiger partial charge in [0.05, 0.1) is 0 Å². The van der Waals surface area contributed by atoms with Crippen molar-refractivity contribution in [1.82, 2.24) is 4.90 Å². The number of benzene rings is 1. The molecule has 0 bridgehead atoms. The molecule has 26 heavy (non-hydrogen) atoms. The third kappa shape index (κ3) is 3.22. The number of carbonyl (C=O) groups excluding carboxylic acids is 3. The summed E-state index contributed by atoms with van der Waals surface area (Å²) < 4.78 is 38.4. The average Bonchev–Trinajstić information content (AvgIpc) is 3.06. The predicted molar refractivity (Wildman–Crippen MR) is 91.3 cm³/mol. The molecule has 0 radical (unpaired) electrons. The fourth-order valence-corrected chi connectivity index (χ4v) is 4.14. The van der Waals surface area contributed by atoms with Gasteiger partial charge in [0.2, 0.25) is 0 Å². The number of fused-ring (bicyclic) bond motifs is 1. The molecule has 8 heteroatoms. The van der Waals surface area contributed by atoms with Crippen LogP contribution >= 0.6 is 15.9 Å². The Morgan fingerprint density at radius 3 is 2.23 bits per heavy atom. The minimum atomic E-state index is -4.95. The van der Waals surface area contributed by atoms with E-state index in [1.807, 2.05) is 0 Å². The van der Waals surface area contributed by atoms with Gasteiger partial charge < -0.3 is 4.90 Å². The van der Waals surface area contributed by atoms with Crippen molar-refractivity contribution in [3.63, 3.8) is 0 Å². The molecule has 1 saturated heterocycles. The van der Waals surface area contributed by atoms with Crippen LogP contribution in [0.4, 0.5) is 13.2 Å². The van der Waals surface area contributed by atoms with Crippen molar-refractivity contribution in [2.45, 2.75) is 31.5 Å². The molecule has 0 N–H and O–H groups in total. The molecule has 138 valence electrons. The Kier molecular flexibility index (Phi) is 5.05. The van der Waals surface area contributed by atoms with Crippen LogP contribution in [0.15, 0.2) is 35.4 Å². The van der Waals surface area contributed by atoms with Crippen LogP contribution in [0.2, 0.25) is 0 Å². The van der Waals surface area contributed by atoms with E-state index in [2.05, 4.69) is 15.9 Å². The van der Waals surface area contributed by atoms with E-state index in [1.165, 1.54) is 6.07 Å². The van der Waals surface area contributed by atoms with Gasteiger partial charge in [0, 0.05) is 40.2 Å². The Morgan fingerprint density at radius 2 is 1.69 bits per heavy atom. The SMILES string of the molecule is O=C1C(CBr)=C(CC2CCCN2C(=O)C(F)(F)F)C(=O)c2ccccc21. The van der Waals surface area contributed by atoms with E-state index in [0.717, 1.165) is 4.90 Å². The van der Waals surface area contributed by atoms with Gasteiger partial charge in [-0.1, -0.05) is 40.2 Å². The minimum Gasteiger partial charge on any atom is -0.332 e. The predicted octanol–water partition coefficient (Wildman–Crippen LogP) is 3.70. The van der Waals surface area contributed by atoms with Gasteiger partial charge in [-0.3, -0.25) is 14.4 Å².